The molecule has 3 N–H and O–H groups in total. The molecule has 1 amide bonds. The summed E-state index contributed by atoms with van der Waals surface area (Å²) in [7, 11) is 1.58. The maximum atomic E-state index is 12.3. The van der Waals surface area contributed by atoms with Crippen molar-refractivity contribution in [1.82, 2.24) is 0 Å². The Morgan fingerprint density at radius 3 is 2.55 bits per heavy atom. The van der Waals surface area contributed by atoms with Crippen molar-refractivity contribution in [3.63, 3.8) is 0 Å². The lowest BCUT2D eigenvalue weighted by atomic mass is 10.1. The summed E-state index contributed by atoms with van der Waals surface area (Å²) in [6, 6.07) is 7.92. The minimum Gasteiger partial charge on any atom is -0.480 e. The summed E-state index contributed by atoms with van der Waals surface area (Å²) in [5.41, 5.74) is 6.36. The fraction of sp³-hybridized carbons (Fsp3) is 0.429. The fourth-order valence-corrected chi connectivity index (χ4v) is 1.81. The summed E-state index contributed by atoms with van der Waals surface area (Å²) < 4.78 is 4.91. The van der Waals surface area contributed by atoms with E-state index in [1.165, 1.54) is 4.90 Å². The fourth-order valence-electron chi connectivity index (χ4n) is 1.81. The molecule has 1 atom stereocenters. The first-order chi connectivity index (χ1) is 9.56. The van der Waals surface area contributed by atoms with Crippen molar-refractivity contribution in [3.05, 3.63) is 30.3 Å². The van der Waals surface area contributed by atoms with Gasteiger partial charge in [0.15, 0.2) is 0 Å². The molecule has 0 radical (unpaired) electrons. The van der Waals surface area contributed by atoms with Crippen LogP contribution in [0.5, 0.6) is 0 Å². The maximum Gasteiger partial charge on any atom is 0.323 e. The smallest absolute Gasteiger partial charge is 0.323 e. The second-order valence-corrected chi connectivity index (χ2v) is 4.40. The summed E-state index contributed by atoms with van der Waals surface area (Å²) in [6.07, 6.45) is 1.11. The maximum absolute atomic E-state index is 12.3. The Balaban J connectivity index is 2.77. The molecule has 6 nitrogen and oxygen atoms in total. The molecule has 110 valence electrons. The summed E-state index contributed by atoms with van der Waals surface area (Å²) in [5, 5.41) is 8.94. The van der Waals surface area contributed by atoms with Crippen molar-refractivity contribution in [2.75, 3.05) is 25.2 Å². The molecule has 0 saturated heterocycles. The number of nitrogens with two attached hydrogens (primary N) is 1. The van der Waals surface area contributed by atoms with Gasteiger partial charge in [0.25, 0.3) is 0 Å². The van der Waals surface area contributed by atoms with Crippen LogP contribution in [0.1, 0.15) is 12.8 Å². The molecule has 1 rings (SSSR count). The van der Waals surface area contributed by atoms with Gasteiger partial charge >= 0.3 is 5.97 Å². The predicted octanol–water partition coefficient (Wildman–Crippen LogP) is 0.858. The van der Waals surface area contributed by atoms with Crippen LogP contribution in [0.25, 0.3) is 0 Å². The quantitative estimate of drug-likeness (QED) is 0.689. The number of rotatable bonds is 8. The number of amides is 1. The zero-order valence-electron chi connectivity index (χ0n) is 11.5. The second kappa shape index (κ2) is 8.29. The third kappa shape index (κ3) is 4.99. The molecule has 0 fully saturated rings. The molecule has 1 aromatic carbocycles. The van der Waals surface area contributed by atoms with Crippen LogP contribution in [0.15, 0.2) is 30.3 Å². The Kier molecular flexibility index (Phi) is 6.69. The molecule has 0 spiro atoms. The van der Waals surface area contributed by atoms with Gasteiger partial charge < -0.3 is 15.6 Å². The van der Waals surface area contributed by atoms with Gasteiger partial charge in [-0.05, 0) is 25.0 Å². The molecule has 1 unspecified atom stereocenters. The Morgan fingerprint density at radius 1 is 1.35 bits per heavy atom. The molecular weight excluding hydrogens is 260 g/mol. The zero-order valence-corrected chi connectivity index (χ0v) is 11.5. The van der Waals surface area contributed by atoms with Crippen LogP contribution in [0.3, 0.4) is 0 Å². The van der Waals surface area contributed by atoms with Crippen LogP contribution in [-0.4, -0.2) is 43.3 Å². The van der Waals surface area contributed by atoms with Gasteiger partial charge in [0.05, 0.1) is 6.04 Å². The molecule has 0 aliphatic heterocycles. The third-order valence-electron chi connectivity index (χ3n) is 2.81. The predicted molar refractivity (Wildman–Crippen MR) is 75.5 cm³/mol. The van der Waals surface area contributed by atoms with E-state index in [0.29, 0.717) is 25.1 Å². The first-order valence-corrected chi connectivity index (χ1v) is 6.39. The van der Waals surface area contributed by atoms with Gasteiger partial charge in [0.1, 0.15) is 6.54 Å². The molecule has 0 aliphatic carbocycles. The molecular formula is C14H20N2O4. The van der Waals surface area contributed by atoms with Crippen molar-refractivity contribution in [2.24, 2.45) is 5.73 Å². The Labute approximate surface area is 118 Å². The highest BCUT2D eigenvalue weighted by atomic mass is 16.5. The first kappa shape index (κ1) is 16.1. The van der Waals surface area contributed by atoms with Crippen molar-refractivity contribution in [1.29, 1.82) is 0 Å². The molecule has 6 heteroatoms. The van der Waals surface area contributed by atoms with E-state index in [9.17, 15) is 9.59 Å². The van der Waals surface area contributed by atoms with E-state index in [0.717, 1.165) is 0 Å². The SMILES string of the molecule is COCCCC(N)C(=O)N(CC(=O)O)c1ccccc1. The topological polar surface area (TPSA) is 92.9 Å². The van der Waals surface area contributed by atoms with Gasteiger partial charge in [-0.15, -0.1) is 0 Å². The number of carboxylic acids is 1. The van der Waals surface area contributed by atoms with Gasteiger partial charge in [-0.1, -0.05) is 18.2 Å². The summed E-state index contributed by atoms with van der Waals surface area (Å²) >= 11 is 0. The number of para-hydroxylation sites is 1. The van der Waals surface area contributed by atoms with Gasteiger partial charge in [0, 0.05) is 19.4 Å². The van der Waals surface area contributed by atoms with E-state index in [1.54, 1.807) is 37.4 Å². The Bertz CT molecular complexity index is 436. The number of ether oxygens (including phenoxy) is 1. The Morgan fingerprint density at radius 2 is 2.00 bits per heavy atom. The van der Waals surface area contributed by atoms with E-state index in [1.807, 2.05) is 0 Å². The summed E-state index contributed by atoms with van der Waals surface area (Å²) in [6.45, 7) is 0.117. The molecule has 0 aromatic heterocycles. The average molecular weight is 280 g/mol. The minimum absolute atomic E-state index is 0.394. The number of carbonyl (C=O) groups is 2. The van der Waals surface area contributed by atoms with E-state index in [4.69, 9.17) is 15.6 Å². The number of hydrogen-bond donors (Lipinski definition) is 2. The van der Waals surface area contributed by atoms with Crippen molar-refractivity contribution >= 4 is 17.6 Å². The molecule has 0 saturated carbocycles. The number of benzene rings is 1. The third-order valence-corrected chi connectivity index (χ3v) is 2.81. The number of anilines is 1. The monoisotopic (exact) mass is 280 g/mol. The van der Waals surface area contributed by atoms with E-state index >= 15 is 0 Å². The average Bonchev–Trinajstić information content (AvgIpc) is 2.45. The lowest BCUT2D eigenvalue weighted by Crippen LogP contribution is -2.46. The van der Waals surface area contributed by atoms with Crippen molar-refractivity contribution in [2.45, 2.75) is 18.9 Å². The minimum atomic E-state index is -1.08. The second-order valence-electron chi connectivity index (χ2n) is 4.40. The largest absolute Gasteiger partial charge is 0.480 e. The summed E-state index contributed by atoms with van der Waals surface area (Å²) in [5.74, 6) is -1.47. The highest BCUT2D eigenvalue weighted by Gasteiger charge is 2.23. The van der Waals surface area contributed by atoms with Gasteiger partial charge in [-0.2, -0.15) is 0 Å². The lowest BCUT2D eigenvalue weighted by Gasteiger charge is -2.24. The van der Waals surface area contributed by atoms with Crippen LogP contribution in [0.4, 0.5) is 5.69 Å². The molecule has 20 heavy (non-hydrogen) atoms. The Hall–Kier alpha value is -1.92. The molecule has 0 heterocycles. The van der Waals surface area contributed by atoms with Gasteiger partial charge in [0.2, 0.25) is 5.91 Å². The van der Waals surface area contributed by atoms with Crippen LogP contribution in [0, 0.1) is 0 Å². The number of carboxylic acid groups (broad SMARTS) is 1. The first-order valence-electron chi connectivity index (χ1n) is 6.39. The number of aliphatic carboxylic acids is 1. The van der Waals surface area contributed by atoms with Crippen molar-refractivity contribution in [3.8, 4) is 0 Å². The number of carbonyl (C=O) groups excluding carboxylic acids is 1. The zero-order chi connectivity index (χ0) is 15.0. The highest BCUT2D eigenvalue weighted by molar-refractivity contribution is 6.00. The van der Waals surface area contributed by atoms with E-state index in [-0.39, 0.29) is 0 Å². The normalized spacial score (nSPS) is 11.9. The van der Waals surface area contributed by atoms with Gasteiger partial charge in [-0.25, -0.2) is 0 Å². The van der Waals surface area contributed by atoms with Crippen LogP contribution in [-0.2, 0) is 14.3 Å². The van der Waals surface area contributed by atoms with Gasteiger partial charge in [-0.3, -0.25) is 14.5 Å². The summed E-state index contributed by atoms with van der Waals surface area (Å²) in [4.78, 5) is 24.4. The van der Waals surface area contributed by atoms with Crippen LogP contribution < -0.4 is 10.6 Å². The number of hydrogen-bond acceptors (Lipinski definition) is 4. The standard InChI is InChI=1S/C14H20N2O4/c1-20-9-5-8-12(15)14(19)16(10-13(17)18)11-6-3-2-4-7-11/h2-4,6-7,12H,5,8-10,15H2,1H3,(H,17,18). The van der Waals surface area contributed by atoms with Crippen LogP contribution >= 0.6 is 0 Å². The molecule has 0 bridgehead atoms. The van der Waals surface area contributed by atoms with E-state index in [2.05, 4.69) is 0 Å². The van der Waals surface area contributed by atoms with E-state index < -0.39 is 24.5 Å². The number of methoxy groups -OCH3 is 1. The number of nitrogens with zero attached hydrogens (tertiary/aromatic N) is 1. The lowest BCUT2D eigenvalue weighted by molar-refractivity contribution is -0.136. The molecule has 0 aliphatic rings. The highest BCUT2D eigenvalue weighted by Crippen LogP contribution is 2.15. The van der Waals surface area contributed by atoms with Crippen LogP contribution in [0.2, 0.25) is 0 Å². The van der Waals surface area contributed by atoms with Crippen molar-refractivity contribution < 1.29 is 19.4 Å². The molecule has 1 aromatic rings.